The summed E-state index contributed by atoms with van der Waals surface area (Å²) in [6.07, 6.45) is 5.26. The molecule has 4 N–H and O–H groups in total. The number of hydrogen-bond acceptors (Lipinski definition) is 9. The Balaban J connectivity index is 1.34. The predicted molar refractivity (Wildman–Crippen MR) is 205 cm³/mol. The number of hydrogen-bond donors (Lipinski definition) is 4. The summed E-state index contributed by atoms with van der Waals surface area (Å²) in [5.74, 6) is 1.04. The molecule has 3 heterocycles. The zero-order chi connectivity index (χ0) is 39.6. The van der Waals surface area contributed by atoms with Crippen molar-refractivity contribution >= 4 is 40.6 Å². The molecule has 5 rings (SSSR count). The number of pyridine rings is 2. The van der Waals surface area contributed by atoms with Crippen LogP contribution in [0.2, 0.25) is 0 Å². The molecule has 15 heteroatoms. The van der Waals surface area contributed by atoms with Crippen LogP contribution in [-0.4, -0.2) is 58.5 Å². The lowest BCUT2D eigenvalue weighted by molar-refractivity contribution is -0.137. The summed E-state index contributed by atoms with van der Waals surface area (Å²) in [5.41, 5.74) is 2.45. The number of nitrogens with zero attached hydrogens (tertiary/aromatic N) is 3. The molecule has 2 aromatic carbocycles. The number of anilines is 2. The second-order valence-corrected chi connectivity index (χ2v) is 13.6. The van der Waals surface area contributed by atoms with Gasteiger partial charge in [-0.1, -0.05) is 30.7 Å². The van der Waals surface area contributed by atoms with Crippen LogP contribution in [0.5, 0.6) is 11.5 Å². The van der Waals surface area contributed by atoms with Gasteiger partial charge in [-0.25, -0.2) is 14.8 Å². The quantitative estimate of drug-likeness (QED) is 0.0767. The van der Waals surface area contributed by atoms with Crippen LogP contribution in [0, 0.1) is 0 Å². The number of fused-ring (bicyclic) bond motifs is 1. The number of carbonyl (C=O) groups is 2. The van der Waals surface area contributed by atoms with Gasteiger partial charge in [0.2, 0.25) is 0 Å². The van der Waals surface area contributed by atoms with Crippen molar-refractivity contribution in [1.29, 1.82) is 0 Å². The fourth-order valence-electron chi connectivity index (χ4n) is 5.61. The van der Waals surface area contributed by atoms with E-state index < -0.39 is 29.3 Å². The molecular formula is C40H44F3N7O5. The Labute approximate surface area is 316 Å². The fraction of sp³-hybridized carbons (Fsp3) is 0.325. The smallest absolute Gasteiger partial charge is 0.416 e. The first-order valence-electron chi connectivity index (χ1n) is 17.7. The number of unbranched alkanes of at least 4 members (excludes halogenated alkanes) is 3. The van der Waals surface area contributed by atoms with Crippen molar-refractivity contribution in [3.63, 3.8) is 0 Å². The highest BCUT2D eigenvalue weighted by atomic mass is 19.4. The Hall–Kier alpha value is -6.12. The SMILES string of the molecule is COc1ccc(CNc2ncc(/C=C/CCCCCNC(=O)OC(C)(C)C)c3n[nH]c(-c4ccc(C(=O)Nc5cc(C(F)(F)F)ccn5)cc4)c23)c(OC)c1. The van der Waals surface area contributed by atoms with E-state index >= 15 is 0 Å². The molecule has 0 aliphatic rings. The molecule has 0 saturated carbocycles. The molecule has 3 aromatic heterocycles. The summed E-state index contributed by atoms with van der Waals surface area (Å²) in [4.78, 5) is 33.4. The van der Waals surface area contributed by atoms with Gasteiger partial charge in [-0.05, 0) is 76.4 Å². The van der Waals surface area contributed by atoms with Gasteiger partial charge in [-0.15, -0.1) is 0 Å². The van der Waals surface area contributed by atoms with E-state index in [1.165, 1.54) is 0 Å². The van der Waals surface area contributed by atoms with Crippen LogP contribution in [0.1, 0.15) is 73.5 Å². The van der Waals surface area contributed by atoms with Crippen LogP contribution >= 0.6 is 0 Å². The maximum atomic E-state index is 13.2. The first kappa shape index (κ1) is 40.1. The monoisotopic (exact) mass is 759 g/mol. The maximum Gasteiger partial charge on any atom is 0.416 e. The molecule has 0 atom stereocenters. The van der Waals surface area contributed by atoms with Crippen LogP contribution < -0.4 is 25.4 Å². The van der Waals surface area contributed by atoms with Crippen molar-refractivity contribution in [1.82, 2.24) is 25.5 Å². The van der Waals surface area contributed by atoms with Gasteiger partial charge in [0.1, 0.15) is 34.3 Å². The Morgan fingerprint density at radius 2 is 1.71 bits per heavy atom. The number of ether oxygens (including phenoxy) is 3. The minimum atomic E-state index is -4.57. The lowest BCUT2D eigenvalue weighted by Gasteiger charge is -2.19. The molecule has 5 aromatic rings. The third-order valence-electron chi connectivity index (χ3n) is 8.33. The average Bonchev–Trinajstić information content (AvgIpc) is 3.60. The van der Waals surface area contributed by atoms with E-state index in [1.807, 2.05) is 39.0 Å². The molecule has 0 radical (unpaired) electrons. The zero-order valence-corrected chi connectivity index (χ0v) is 31.3. The molecule has 55 heavy (non-hydrogen) atoms. The number of alkyl halides is 3. The Bertz CT molecular complexity index is 2130. The third kappa shape index (κ3) is 11.0. The molecule has 0 unspecified atom stereocenters. The summed E-state index contributed by atoms with van der Waals surface area (Å²) < 4.78 is 55.7. The maximum absolute atomic E-state index is 13.2. The number of halogens is 3. The Morgan fingerprint density at radius 3 is 2.42 bits per heavy atom. The van der Waals surface area contributed by atoms with E-state index in [1.54, 1.807) is 50.7 Å². The van der Waals surface area contributed by atoms with Crippen LogP contribution in [0.3, 0.4) is 0 Å². The number of allylic oxidation sites excluding steroid dienone is 1. The molecule has 0 saturated heterocycles. The van der Waals surface area contributed by atoms with Crippen molar-refractivity contribution < 1.29 is 37.0 Å². The van der Waals surface area contributed by atoms with Crippen molar-refractivity contribution in [2.45, 2.75) is 64.8 Å². The van der Waals surface area contributed by atoms with Gasteiger partial charge in [-0.2, -0.15) is 18.3 Å². The first-order valence-corrected chi connectivity index (χ1v) is 17.7. The summed E-state index contributed by atoms with van der Waals surface area (Å²) in [6, 6.07) is 13.7. The van der Waals surface area contributed by atoms with E-state index in [4.69, 9.17) is 19.2 Å². The van der Waals surface area contributed by atoms with E-state index in [-0.39, 0.29) is 11.4 Å². The molecule has 0 aliphatic heterocycles. The number of methoxy groups -OCH3 is 2. The van der Waals surface area contributed by atoms with Gasteiger partial charge >= 0.3 is 12.3 Å². The summed E-state index contributed by atoms with van der Waals surface area (Å²) in [6.45, 7) is 6.39. The highest BCUT2D eigenvalue weighted by Gasteiger charge is 2.31. The second-order valence-electron chi connectivity index (χ2n) is 13.6. The van der Waals surface area contributed by atoms with Crippen LogP contribution in [0.15, 0.2) is 73.1 Å². The molecule has 0 bridgehead atoms. The lowest BCUT2D eigenvalue weighted by Crippen LogP contribution is -2.32. The third-order valence-corrected chi connectivity index (χ3v) is 8.33. The normalized spacial score (nSPS) is 11.8. The fourth-order valence-corrected chi connectivity index (χ4v) is 5.61. The minimum Gasteiger partial charge on any atom is -0.497 e. The van der Waals surface area contributed by atoms with Crippen molar-refractivity contribution in [2.24, 2.45) is 0 Å². The summed E-state index contributed by atoms with van der Waals surface area (Å²) >= 11 is 0. The minimum absolute atomic E-state index is 0.213. The largest absolute Gasteiger partial charge is 0.497 e. The van der Waals surface area contributed by atoms with Crippen molar-refractivity contribution in [3.05, 3.63) is 95.3 Å². The summed E-state index contributed by atoms with van der Waals surface area (Å²) in [7, 11) is 3.17. The van der Waals surface area contributed by atoms with E-state index in [2.05, 4.69) is 37.2 Å². The number of rotatable bonds is 15. The molecule has 0 fully saturated rings. The van der Waals surface area contributed by atoms with Gasteiger partial charge in [0.05, 0.1) is 30.9 Å². The number of amides is 2. The van der Waals surface area contributed by atoms with Crippen molar-refractivity contribution in [2.75, 3.05) is 31.4 Å². The molecule has 0 spiro atoms. The second kappa shape index (κ2) is 17.8. The number of aromatic nitrogens is 4. The molecule has 290 valence electrons. The number of alkyl carbamates (subject to hydrolysis) is 1. The molecule has 0 aliphatic carbocycles. The summed E-state index contributed by atoms with van der Waals surface area (Å²) in [5, 5.41) is 17.1. The zero-order valence-electron chi connectivity index (χ0n) is 31.3. The van der Waals surface area contributed by atoms with Crippen LogP contribution in [0.4, 0.5) is 29.6 Å². The standard InChI is InChI=1S/C40H44F3N7O5/c1-39(2,3)55-38(52)45-19-10-8-6-7-9-11-28-24-47-36(46-23-27-16-17-30(53-4)22-31(27)54-5)33-34(49-50-35(28)33)25-12-14-26(15-13-25)37(51)48-32-21-29(18-20-44-32)40(41,42)43/h9,11-18,20-22,24H,6-8,10,19,23H2,1-5H3,(H,45,52)(H,46,47)(H,49,50)(H,44,48,51)/b11-9+. The number of nitrogens with one attached hydrogen (secondary N) is 4. The topological polar surface area (TPSA) is 152 Å². The number of benzene rings is 2. The molecule has 2 amide bonds. The average molecular weight is 760 g/mol. The van der Waals surface area contributed by atoms with Gasteiger partial charge in [-0.3, -0.25) is 9.89 Å². The van der Waals surface area contributed by atoms with Crippen LogP contribution in [0.25, 0.3) is 28.2 Å². The first-order chi connectivity index (χ1) is 26.3. The highest BCUT2D eigenvalue weighted by Crippen LogP contribution is 2.35. The lowest BCUT2D eigenvalue weighted by atomic mass is 10.0. The van der Waals surface area contributed by atoms with Gasteiger partial charge in [0.15, 0.2) is 0 Å². The van der Waals surface area contributed by atoms with E-state index in [0.717, 1.165) is 55.1 Å². The van der Waals surface area contributed by atoms with Gasteiger partial charge in [0.25, 0.3) is 5.91 Å². The van der Waals surface area contributed by atoms with E-state index in [9.17, 15) is 22.8 Å². The van der Waals surface area contributed by atoms with Gasteiger partial charge in [0, 0.05) is 53.8 Å². The number of carbonyl (C=O) groups excluding carboxylic acids is 2. The Kier molecular flexibility index (Phi) is 13.0. The van der Waals surface area contributed by atoms with Gasteiger partial charge < -0.3 is 30.2 Å². The molecular weight excluding hydrogens is 715 g/mol. The highest BCUT2D eigenvalue weighted by molar-refractivity contribution is 6.06. The number of aromatic amines is 1. The molecule has 12 nitrogen and oxygen atoms in total. The predicted octanol–water partition coefficient (Wildman–Crippen LogP) is 9.02. The number of H-pyrrole nitrogens is 1. The Morgan fingerprint density at radius 1 is 0.927 bits per heavy atom. The van der Waals surface area contributed by atoms with E-state index in [0.29, 0.717) is 52.6 Å². The van der Waals surface area contributed by atoms with Crippen LogP contribution in [-0.2, 0) is 17.5 Å². The van der Waals surface area contributed by atoms with Crippen molar-refractivity contribution in [3.8, 4) is 22.8 Å².